The van der Waals surface area contributed by atoms with Crippen LogP contribution in [0, 0.1) is 5.92 Å². The maximum atomic E-state index is 14.4. The van der Waals surface area contributed by atoms with Crippen LogP contribution in [0.5, 0.6) is 0 Å². The van der Waals surface area contributed by atoms with Crippen molar-refractivity contribution in [1.82, 2.24) is 19.9 Å². The van der Waals surface area contributed by atoms with Gasteiger partial charge in [0.2, 0.25) is 5.91 Å². The molecule has 1 aliphatic heterocycles. The Bertz CT molecular complexity index is 1470. The lowest BCUT2D eigenvalue weighted by atomic mass is 9.96. The van der Waals surface area contributed by atoms with Gasteiger partial charge in [-0.3, -0.25) is 29.1 Å². The number of carbonyl (C=O) groups excluding carboxylic acids is 4. The summed E-state index contributed by atoms with van der Waals surface area (Å²) in [5, 5.41) is 11.7. The van der Waals surface area contributed by atoms with Gasteiger partial charge in [0.1, 0.15) is 12.1 Å². The average molecular weight is 555 g/mol. The molecular formula is C31H30N4O6. The van der Waals surface area contributed by atoms with Gasteiger partial charge < -0.3 is 5.11 Å². The Morgan fingerprint density at radius 1 is 0.927 bits per heavy atom. The molecule has 0 aliphatic carbocycles. The van der Waals surface area contributed by atoms with Crippen molar-refractivity contribution in [3.05, 3.63) is 108 Å². The number of amides is 3. The Morgan fingerprint density at radius 2 is 1.51 bits per heavy atom. The molecule has 4 rings (SSSR count). The van der Waals surface area contributed by atoms with E-state index in [9.17, 15) is 29.1 Å². The minimum Gasteiger partial charge on any atom is -0.475 e. The van der Waals surface area contributed by atoms with Crippen LogP contribution in [0.15, 0.2) is 91.4 Å². The number of carboxylic acids is 1. The van der Waals surface area contributed by atoms with Crippen LogP contribution < -0.4 is 0 Å². The van der Waals surface area contributed by atoms with Gasteiger partial charge in [0, 0.05) is 43.1 Å². The number of nitrogens with zero attached hydrogens (tertiary/aromatic N) is 4. The second-order valence-electron chi connectivity index (χ2n) is 9.91. The molecular weight excluding hydrogens is 524 g/mol. The predicted octanol–water partition coefficient (Wildman–Crippen LogP) is 3.42. The van der Waals surface area contributed by atoms with Crippen LogP contribution in [0.2, 0.25) is 0 Å². The van der Waals surface area contributed by atoms with E-state index >= 15 is 0 Å². The Kier molecular flexibility index (Phi) is 8.72. The summed E-state index contributed by atoms with van der Waals surface area (Å²) in [7, 11) is 0. The van der Waals surface area contributed by atoms with E-state index in [2.05, 4.69) is 4.98 Å². The van der Waals surface area contributed by atoms with Gasteiger partial charge in [0.25, 0.3) is 17.6 Å². The molecule has 0 saturated carbocycles. The summed E-state index contributed by atoms with van der Waals surface area (Å²) in [6.45, 7) is 4.69. The number of pyridine rings is 1. The largest absolute Gasteiger partial charge is 0.475 e. The van der Waals surface area contributed by atoms with Crippen LogP contribution in [0.4, 0.5) is 0 Å². The summed E-state index contributed by atoms with van der Waals surface area (Å²) in [6.07, 6.45) is 4.27. The minimum atomic E-state index is -1.73. The minimum absolute atomic E-state index is 0.140. The molecule has 0 saturated heterocycles. The zero-order valence-electron chi connectivity index (χ0n) is 22.9. The van der Waals surface area contributed by atoms with Crippen molar-refractivity contribution in [2.75, 3.05) is 0 Å². The van der Waals surface area contributed by atoms with E-state index in [1.54, 1.807) is 74.5 Å². The molecule has 0 spiro atoms. The Hall–Kier alpha value is -5.12. The second kappa shape index (κ2) is 12.4. The lowest BCUT2D eigenvalue weighted by Gasteiger charge is -2.46. The van der Waals surface area contributed by atoms with Crippen molar-refractivity contribution in [3.8, 4) is 0 Å². The normalized spacial score (nSPS) is 15.8. The van der Waals surface area contributed by atoms with Gasteiger partial charge >= 0.3 is 5.97 Å². The van der Waals surface area contributed by atoms with E-state index in [1.165, 1.54) is 42.6 Å². The fourth-order valence-corrected chi connectivity index (χ4v) is 4.86. The highest BCUT2D eigenvalue weighted by molar-refractivity contribution is 6.35. The Balaban J connectivity index is 1.93. The van der Waals surface area contributed by atoms with Crippen LogP contribution in [-0.2, 0) is 25.6 Å². The van der Waals surface area contributed by atoms with E-state index in [4.69, 9.17) is 0 Å². The average Bonchev–Trinajstić information content (AvgIpc) is 2.97. The Morgan fingerprint density at radius 3 is 2.05 bits per heavy atom. The number of carbonyl (C=O) groups is 5. The van der Waals surface area contributed by atoms with Gasteiger partial charge in [-0.2, -0.15) is 0 Å². The lowest BCUT2D eigenvalue weighted by molar-refractivity contribution is -0.169. The monoisotopic (exact) mass is 554 g/mol. The molecule has 3 amide bonds. The highest BCUT2D eigenvalue weighted by Crippen LogP contribution is 2.34. The lowest BCUT2D eigenvalue weighted by Crippen LogP contribution is -2.64. The van der Waals surface area contributed by atoms with Crippen molar-refractivity contribution >= 4 is 35.2 Å². The number of ketones is 1. The molecule has 41 heavy (non-hydrogen) atoms. The first-order chi connectivity index (χ1) is 19.6. The van der Waals surface area contributed by atoms with Crippen LogP contribution >= 0.6 is 0 Å². The Labute approximate surface area is 237 Å². The molecule has 10 nitrogen and oxygen atoms in total. The topological polar surface area (TPSA) is 128 Å². The summed E-state index contributed by atoms with van der Waals surface area (Å²) in [5.41, 5.74) is 1.52. The van der Waals surface area contributed by atoms with Crippen molar-refractivity contribution in [3.63, 3.8) is 0 Å². The van der Waals surface area contributed by atoms with Crippen LogP contribution in [0.25, 0.3) is 5.70 Å². The first kappa shape index (κ1) is 28.9. The summed E-state index contributed by atoms with van der Waals surface area (Å²) in [5.74, 6) is -5.23. The van der Waals surface area contributed by atoms with Gasteiger partial charge in [-0.15, -0.1) is 0 Å². The molecule has 1 aromatic heterocycles. The van der Waals surface area contributed by atoms with Crippen LogP contribution in [0.1, 0.15) is 42.3 Å². The number of rotatable bonds is 9. The van der Waals surface area contributed by atoms with Crippen molar-refractivity contribution in [1.29, 1.82) is 0 Å². The summed E-state index contributed by atoms with van der Waals surface area (Å²) < 4.78 is 0. The van der Waals surface area contributed by atoms with E-state index in [1.807, 2.05) is 0 Å². The third kappa shape index (κ3) is 6.06. The van der Waals surface area contributed by atoms with E-state index < -0.39 is 47.5 Å². The third-order valence-electron chi connectivity index (χ3n) is 6.73. The number of benzene rings is 2. The number of aliphatic carboxylic acids is 1. The van der Waals surface area contributed by atoms with Crippen molar-refractivity contribution < 1.29 is 29.1 Å². The van der Waals surface area contributed by atoms with Gasteiger partial charge in [-0.1, -0.05) is 74.5 Å². The summed E-state index contributed by atoms with van der Waals surface area (Å²) in [4.78, 5) is 71.8. The highest BCUT2D eigenvalue weighted by Gasteiger charge is 2.47. The number of aromatic nitrogens is 1. The zero-order chi connectivity index (χ0) is 29.7. The zero-order valence-corrected chi connectivity index (χ0v) is 22.9. The molecule has 210 valence electrons. The SMILES string of the molecule is CC(=O)N([C@@H](Cc1ccccc1)C(=O)C(=O)O)N1C(=O)C(C(C)C)N(C(=O)c2ccncc2)C=C1c1ccccc1. The molecule has 2 aromatic carbocycles. The first-order valence-electron chi connectivity index (χ1n) is 13.1. The van der Waals surface area contributed by atoms with Crippen LogP contribution in [0.3, 0.4) is 0 Å². The quantitative estimate of drug-likeness (QED) is 0.402. The summed E-state index contributed by atoms with van der Waals surface area (Å²) in [6, 6.07) is 17.7. The highest BCUT2D eigenvalue weighted by atomic mass is 16.4. The van der Waals surface area contributed by atoms with Crippen molar-refractivity contribution in [2.45, 2.75) is 39.3 Å². The third-order valence-corrected chi connectivity index (χ3v) is 6.73. The van der Waals surface area contributed by atoms with Gasteiger partial charge in [0.05, 0.1) is 5.70 Å². The number of hydrazine groups is 1. The molecule has 10 heteroatoms. The number of Topliss-reactive ketones (excluding diaryl/α,β-unsaturated/α-hetero) is 1. The predicted molar refractivity (Wildman–Crippen MR) is 149 cm³/mol. The molecule has 3 aromatic rings. The van der Waals surface area contributed by atoms with E-state index in [0.29, 0.717) is 16.7 Å². The van der Waals surface area contributed by atoms with Gasteiger partial charge in [-0.05, 0) is 23.6 Å². The second-order valence-corrected chi connectivity index (χ2v) is 9.91. The summed E-state index contributed by atoms with van der Waals surface area (Å²) >= 11 is 0. The fraction of sp³-hybridized carbons (Fsp3) is 0.226. The maximum Gasteiger partial charge on any atom is 0.374 e. The molecule has 2 heterocycles. The van der Waals surface area contributed by atoms with Crippen LogP contribution in [-0.4, -0.2) is 66.6 Å². The van der Waals surface area contributed by atoms with Crippen molar-refractivity contribution in [2.24, 2.45) is 5.92 Å². The first-order valence-corrected chi connectivity index (χ1v) is 13.1. The molecule has 1 unspecified atom stereocenters. The standard InChI is InChI=1S/C31H30N4O6/c1-20(2)27-30(39)35(34(21(3)36)25(28(37)31(40)41)18-22-10-6-4-7-11-22)26(23-12-8-5-9-13-23)19-33(27)29(38)24-14-16-32-17-15-24/h4-17,19-20,25,27H,18H2,1-3H3,(H,40,41)/t25-,27?/m0/s1. The molecule has 0 fully saturated rings. The molecule has 1 N–H and O–H groups in total. The molecule has 2 atom stereocenters. The number of hydrogen-bond donors (Lipinski definition) is 1. The number of carboxylic acid groups (broad SMARTS) is 1. The molecule has 0 bridgehead atoms. The smallest absolute Gasteiger partial charge is 0.374 e. The van der Waals surface area contributed by atoms with Gasteiger partial charge in [0.15, 0.2) is 0 Å². The molecule has 1 aliphatic rings. The maximum absolute atomic E-state index is 14.4. The van der Waals surface area contributed by atoms with E-state index in [-0.39, 0.29) is 12.1 Å². The van der Waals surface area contributed by atoms with Gasteiger partial charge in [-0.25, -0.2) is 14.8 Å². The number of hydrogen-bond acceptors (Lipinski definition) is 6. The van der Waals surface area contributed by atoms with E-state index in [0.717, 1.165) is 10.0 Å². The molecule has 0 radical (unpaired) electrons. The fourth-order valence-electron chi connectivity index (χ4n) is 4.86.